The summed E-state index contributed by atoms with van der Waals surface area (Å²) in [5.41, 5.74) is 0.711. The van der Waals surface area contributed by atoms with E-state index >= 15 is 0 Å². The van der Waals surface area contributed by atoms with Gasteiger partial charge in [-0.05, 0) is 37.5 Å². The molecule has 0 aliphatic carbocycles. The molecule has 33 heavy (non-hydrogen) atoms. The summed E-state index contributed by atoms with van der Waals surface area (Å²) in [7, 11) is 3.05. The van der Waals surface area contributed by atoms with Gasteiger partial charge in [-0.15, -0.1) is 0 Å². The largest absolute Gasteiger partial charge is 0.496 e. The maximum Gasteiger partial charge on any atom is 0.261 e. The van der Waals surface area contributed by atoms with Gasteiger partial charge in [0.25, 0.3) is 5.91 Å². The third-order valence-electron chi connectivity index (χ3n) is 5.34. The van der Waals surface area contributed by atoms with Crippen LogP contribution in [0.3, 0.4) is 0 Å². The van der Waals surface area contributed by atoms with Crippen molar-refractivity contribution >= 4 is 11.8 Å². The van der Waals surface area contributed by atoms with Crippen LogP contribution in [0.25, 0.3) is 0 Å². The molecule has 180 valence electrons. The molecule has 2 aromatic carbocycles. The molecule has 2 aromatic rings. The predicted octanol–water partition coefficient (Wildman–Crippen LogP) is 3.94. The Balaban J connectivity index is 2.24. The van der Waals surface area contributed by atoms with Gasteiger partial charge in [-0.1, -0.05) is 26.0 Å². The zero-order valence-corrected chi connectivity index (χ0v) is 19.9. The summed E-state index contributed by atoms with van der Waals surface area (Å²) in [4.78, 5) is 27.7. The first-order chi connectivity index (χ1) is 15.8. The highest BCUT2D eigenvalue weighted by atomic mass is 19.1. The molecule has 0 saturated carbocycles. The fourth-order valence-electron chi connectivity index (χ4n) is 3.24. The molecule has 7 nitrogen and oxygen atoms in total. The van der Waals surface area contributed by atoms with Gasteiger partial charge in [-0.3, -0.25) is 9.59 Å². The van der Waals surface area contributed by atoms with Crippen LogP contribution in [0.1, 0.15) is 39.2 Å². The van der Waals surface area contributed by atoms with Crippen molar-refractivity contribution < 1.29 is 28.2 Å². The van der Waals surface area contributed by atoms with Crippen molar-refractivity contribution in [2.24, 2.45) is 0 Å². The average molecular weight is 461 g/mol. The van der Waals surface area contributed by atoms with Gasteiger partial charge in [0.2, 0.25) is 5.91 Å². The van der Waals surface area contributed by atoms with Crippen molar-refractivity contribution in [1.82, 2.24) is 10.2 Å². The minimum atomic E-state index is -0.694. The van der Waals surface area contributed by atoms with Crippen LogP contribution in [0.2, 0.25) is 0 Å². The minimum Gasteiger partial charge on any atom is -0.496 e. The Kier molecular flexibility index (Phi) is 9.97. The molecule has 0 aliphatic heterocycles. The fourth-order valence-corrected chi connectivity index (χ4v) is 3.24. The van der Waals surface area contributed by atoms with Gasteiger partial charge >= 0.3 is 0 Å². The van der Waals surface area contributed by atoms with E-state index in [1.807, 2.05) is 20.8 Å². The third kappa shape index (κ3) is 7.66. The summed E-state index contributed by atoms with van der Waals surface area (Å²) < 4.78 is 29.6. The van der Waals surface area contributed by atoms with E-state index in [-0.39, 0.29) is 36.8 Å². The maximum absolute atomic E-state index is 13.4. The van der Waals surface area contributed by atoms with Crippen molar-refractivity contribution in [2.45, 2.75) is 52.2 Å². The van der Waals surface area contributed by atoms with Gasteiger partial charge in [0.05, 0.1) is 14.2 Å². The second-order valence-corrected chi connectivity index (χ2v) is 7.73. The van der Waals surface area contributed by atoms with Crippen LogP contribution in [0.15, 0.2) is 42.5 Å². The van der Waals surface area contributed by atoms with Gasteiger partial charge < -0.3 is 24.4 Å². The topological polar surface area (TPSA) is 77.1 Å². The Labute approximate surface area is 194 Å². The Bertz CT molecular complexity index is 897. The quantitative estimate of drug-likeness (QED) is 0.519. The number of ether oxygens (including phenoxy) is 3. The van der Waals surface area contributed by atoms with Crippen molar-refractivity contribution in [3.05, 3.63) is 53.8 Å². The molecule has 0 radical (unpaired) electrons. The average Bonchev–Trinajstić information content (AvgIpc) is 2.83. The first-order valence-electron chi connectivity index (χ1n) is 11.0. The van der Waals surface area contributed by atoms with Crippen LogP contribution >= 0.6 is 0 Å². The molecule has 0 heterocycles. The zero-order chi connectivity index (χ0) is 24.4. The normalized spacial score (nSPS) is 12.4. The number of carbonyl (C=O) groups is 2. The molecule has 0 aliphatic rings. The number of methoxy groups -OCH3 is 2. The van der Waals surface area contributed by atoms with E-state index in [2.05, 4.69) is 5.32 Å². The predicted molar refractivity (Wildman–Crippen MR) is 124 cm³/mol. The SMILES string of the molecule is CC[C@@H](C)NC(=O)[C@@H](CC)N(Cc1ccc(F)cc1)C(=O)COc1cc(OC)cc(OC)c1. The number of hydrogen-bond acceptors (Lipinski definition) is 5. The lowest BCUT2D eigenvalue weighted by atomic mass is 10.1. The van der Waals surface area contributed by atoms with Crippen LogP contribution in [0, 0.1) is 5.82 Å². The molecule has 0 fully saturated rings. The Morgan fingerprint density at radius 3 is 2.06 bits per heavy atom. The van der Waals surface area contributed by atoms with E-state index in [0.29, 0.717) is 29.2 Å². The first-order valence-corrected chi connectivity index (χ1v) is 11.0. The maximum atomic E-state index is 13.4. The molecule has 2 atom stereocenters. The van der Waals surface area contributed by atoms with Crippen LogP contribution in [0.4, 0.5) is 4.39 Å². The monoisotopic (exact) mass is 460 g/mol. The van der Waals surface area contributed by atoms with Crippen molar-refractivity contribution in [2.75, 3.05) is 20.8 Å². The van der Waals surface area contributed by atoms with Gasteiger partial charge in [0, 0.05) is 30.8 Å². The molecule has 2 rings (SSSR count). The summed E-state index contributed by atoms with van der Waals surface area (Å²) in [5, 5.41) is 2.95. The van der Waals surface area contributed by atoms with E-state index < -0.39 is 6.04 Å². The lowest BCUT2D eigenvalue weighted by Crippen LogP contribution is -2.51. The standard InChI is InChI=1S/C25H33FN2O5/c1-6-17(3)27-25(30)23(7-2)28(15-18-8-10-19(26)11-9-18)24(29)16-33-22-13-20(31-4)12-21(14-22)32-5/h8-14,17,23H,6-7,15-16H2,1-5H3,(H,27,30)/t17-,23-/m1/s1. The van der Waals surface area contributed by atoms with Gasteiger partial charge in [0.1, 0.15) is 29.1 Å². The van der Waals surface area contributed by atoms with Gasteiger partial charge in [0.15, 0.2) is 6.61 Å². The van der Waals surface area contributed by atoms with Crippen molar-refractivity contribution in [3.63, 3.8) is 0 Å². The van der Waals surface area contributed by atoms with Gasteiger partial charge in [-0.2, -0.15) is 0 Å². The molecule has 0 aromatic heterocycles. The Morgan fingerprint density at radius 2 is 1.55 bits per heavy atom. The molecule has 0 spiro atoms. The highest BCUT2D eigenvalue weighted by Crippen LogP contribution is 2.27. The lowest BCUT2D eigenvalue weighted by molar-refractivity contribution is -0.143. The van der Waals surface area contributed by atoms with E-state index in [1.165, 1.54) is 31.3 Å². The minimum absolute atomic E-state index is 0.0187. The molecule has 8 heteroatoms. The molecule has 0 bridgehead atoms. The second kappa shape index (κ2) is 12.7. The zero-order valence-electron chi connectivity index (χ0n) is 19.9. The molecule has 0 unspecified atom stereocenters. The second-order valence-electron chi connectivity index (χ2n) is 7.73. The molecule has 0 saturated heterocycles. The van der Waals surface area contributed by atoms with Crippen molar-refractivity contribution in [1.29, 1.82) is 0 Å². The van der Waals surface area contributed by atoms with E-state index in [1.54, 1.807) is 30.3 Å². The number of carbonyl (C=O) groups excluding carboxylic acids is 2. The highest BCUT2D eigenvalue weighted by molar-refractivity contribution is 5.88. The summed E-state index contributed by atoms with van der Waals surface area (Å²) in [6, 6.07) is 10.1. The van der Waals surface area contributed by atoms with Crippen LogP contribution in [0.5, 0.6) is 17.2 Å². The number of benzene rings is 2. The number of amides is 2. The van der Waals surface area contributed by atoms with Crippen LogP contribution < -0.4 is 19.5 Å². The van der Waals surface area contributed by atoms with Crippen LogP contribution in [-0.2, 0) is 16.1 Å². The number of halogens is 1. The van der Waals surface area contributed by atoms with Gasteiger partial charge in [-0.25, -0.2) is 4.39 Å². The molecular formula is C25H33FN2O5. The molecule has 1 N–H and O–H groups in total. The number of nitrogens with one attached hydrogen (secondary N) is 1. The highest BCUT2D eigenvalue weighted by Gasteiger charge is 2.29. The fraction of sp³-hybridized carbons (Fsp3) is 0.440. The van der Waals surface area contributed by atoms with E-state index in [4.69, 9.17) is 14.2 Å². The summed E-state index contributed by atoms with van der Waals surface area (Å²) in [6.45, 7) is 5.60. The number of hydrogen-bond donors (Lipinski definition) is 1. The number of nitrogens with zero attached hydrogens (tertiary/aromatic N) is 1. The summed E-state index contributed by atoms with van der Waals surface area (Å²) in [5.74, 6) is 0.489. The summed E-state index contributed by atoms with van der Waals surface area (Å²) in [6.07, 6.45) is 1.19. The smallest absolute Gasteiger partial charge is 0.261 e. The van der Waals surface area contributed by atoms with E-state index in [9.17, 15) is 14.0 Å². The number of rotatable bonds is 12. The lowest BCUT2D eigenvalue weighted by Gasteiger charge is -2.31. The van der Waals surface area contributed by atoms with E-state index in [0.717, 1.165) is 6.42 Å². The third-order valence-corrected chi connectivity index (χ3v) is 5.34. The first kappa shape index (κ1) is 26.0. The molecular weight excluding hydrogens is 427 g/mol. The summed E-state index contributed by atoms with van der Waals surface area (Å²) >= 11 is 0. The van der Waals surface area contributed by atoms with Crippen molar-refractivity contribution in [3.8, 4) is 17.2 Å². The van der Waals surface area contributed by atoms with Crippen LogP contribution in [-0.4, -0.2) is 49.6 Å². The Hall–Kier alpha value is -3.29. The molecule has 2 amide bonds. The Morgan fingerprint density at radius 1 is 0.970 bits per heavy atom.